The van der Waals surface area contributed by atoms with E-state index in [1.165, 1.54) is 6.07 Å². The van der Waals surface area contributed by atoms with Crippen molar-refractivity contribution in [3.8, 4) is 0 Å². The normalized spacial score (nSPS) is 22.3. The molecule has 0 aliphatic carbocycles. The summed E-state index contributed by atoms with van der Waals surface area (Å²) < 4.78 is 45.8. The van der Waals surface area contributed by atoms with E-state index in [0.717, 1.165) is 6.26 Å². The molecule has 0 bridgehead atoms. The molecule has 0 radical (unpaired) electrons. The second-order valence-electron chi connectivity index (χ2n) is 4.73. The molecule has 1 saturated heterocycles. The summed E-state index contributed by atoms with van der Waals surface area (Å²) >= 11 is 0. The Labute approximate surface area is 112 Å². The molecule has 1 aliphatic heterocycles. The van der Waals surface area contributed by atoms with E-state index in [0.29, 0.717) is 12.1 Å². The highest BCUT2D eigenvalue weighted by Crippen LogP contribution is 2.28. The molecule has 8 heteroatoms. The molecule has 1 aliphatic rings. The van der Waals surface area contributed by atoms with Crippen LogP contribution in [0.5, 0.6) is 0 Å². The molecule has 19 heavy (non-hydrogen) atoms. The van der Waals surface area contributed by atoms with Gasteiger partial charge in [0.2, 0.25) is 0 Å². The lowest BCUT2D eigenvalue weighted by Gasteiger charge is -2.16. The first-order valence-corrected chi connectivity index (χ1v) is 9.46. The molecule has 1 atom stereocenters. The minimum atomic E-state index is -3.40. The van der Waals surface area contributed by atoms with Crippen molar-refractivity contribution in [2.24, 2.45) is 0 Å². The Morgan fingerprint density at radius 2 is 2.05 bits per heavy atom. The third-order valence-electron chi connectivity index (χ3n) is 3.06. The van der Waals surface area contributed by atoms with Crippen molar-refractivity contribution in [2.75, 3.05) is 28.8 Å². The maximum absolute atomic E-state index is 11.5. The Morgan fingerprint density at radius 1 is 1.37 bits per heavy atom. The van der Waals surface area contributed by atoms with Gasteiger partial charge in [0.15, 0.2) is 19.7 Å². The van der Waals surface area contributed by atoms with Crippen LogP contribution in [0.4, 0.5) is 11.4 Å². The highest BCUT2D eigenvalue weighted by Gasteiger charge is 2.28. The van der Waals surface area contributed by atoms with Crippen molar-refractivity contribution < 1.29 is 16.8 Å². The van der Waals surface area contributed by atoms with Crippen LogP contribution in [-0.4, -0.2) is 40.6 Å². The predicted molar refractivity (Wildman–Crippen MR) is 74.6 cm³/mol. The molecule has 3 N–H and O–H groups in total. The third-order valence-corrected chi connectivity index (χ3v) is 5.98. The van der Waals surface area contributed by atoms with Crippen LogP contribution in [0.3, 0.4) is 0 Å². The first-order valence-electron chi connectivity index (χ1n) is 5.74. The van der Waals surface area contributed by atoms with Crippen LogP contribution in [-0.2, 0) is 19.7 Å². The monoisotopic (exact) mass is 304 g/mol. The van der Waals surface area contributed by atoms with Gasteiger partial charge in [0, 0.05) is 12.3 Å². The zero-order valence-corrected chi connectivity index (χ0v) is 12.1. The Morgan fingerprint density at radius 3 is 2.58 bits per heavy atom. The fourth-order valence-corrected chi connectivity index (χ4v) is 4.63. The molecule has 1 fully saturated rings. The standard InChI is InChI=1S/C11H16N2O4S2/c1-18(14,15)10-4-2-3-9(11(10)12)13-8-5-6-19(16,17)7-8/h2-4,8,13H,5-7,12H2,1H3. The SMILES string of the molecule is CS(=O)(=O)c1cccc(NC2CCS(=O)(=O)C2)c1N. The van der Waals surface area contributed by atoms with Gasteiger partial charge in [-0.2, -0.15) is 0 Å². The number of nitrogens with two attached hydrogens (primary N) is 1. The van der Waals surface area contributed by atoms with Gasteiger partial charge in [0.1, 0.15) is 0 Å². The summed E-state index contributed by atoms with van der Waals surface area (Å²) in [7, 11) is -6.38. The van der Waals surface area contributed by atoms with Gasteiger partial charge in [-0.1, -0.05) is 6.07 Å². The average Bonchev–Trinajstić information content (AvgIpc) is 2.59. The largest absolute Gasteiger partial charge is 0.396 e. The van der Waals surface area contributed by atoms with E-state index in [9.17, 15) is 16.8 Å². The number of sulfone groups is 2. The number of nitrogen functional groups attached to an aromatic ring is 1. The van der Waals surface area contributed by atoms with Crippen LogP contribution in [0.2, 0.25) is 0 Å². The number of nitrogens with one attached hydrogen (secondary N) is 1. The summed E-state index contributed by atoms with van der Waals surface area (Å²) in [6, 6.07) is 4.44. The number of para-hydroxylation sites is 1. The lowest BCUT2D eigenvalue weighted by Crippen LogP contribution is -2.21. The van der Waals surface area contributed by atoms with E-state index in [1.54, 1.807) is 12.1 Å². The topological polar surface area (TPSA) is 106 Å². The molecule has 2 rings (SSSR count). The zero-order valence-electron chi connectivity index (χ0n) is 10.5. The van der Waals surface area contributed by atoms with Crippen molar-refractivity contribution in [2.45, 2.75) is 17.4 Å². The molecule has 1 aromatic carbocycles. The average molecular weight is 304 g/mol. The quantitative estimate of drug-likeness (QED) is 0.776. The van der Waals surface area contributed by atoms with Gasteiger partial charge in [-0.15, -0.1) is 0 Å². The number of benzene rings is 1. The third kappa shape index (κ3) is 3.19. The summed E-state index contributed by atoms with van der Waals surface area (Å²) in [6.07, 6.45) is 1.59. The van der Waals surface area contributed by atoms with Gasteiger partial charge >= 0.3 is 0 Å². The van der Waals surface area contributed by atoms with Gasteiger partial charge in [-0.3, -0.25) is 0 Å². The minimum Gasteiger partial charge on any atom is -0.396 e. The number of anilines is 2. The molecule has 1 heterocycles. The smallest absolute Gasteiger partial charge is 0.177 e. The minimum absolute atomic E-state index is 0.0511. The molecule has 6 nitrogen and oxygen atoms in total. The van der Waals surface area contributed by atoms with Crippen LogP contribution in [0.1, 0.15) is 6.42 Å². The molecular weight excluding hydrogens is 288 g/mol. The van der Waals surface area contributed by atoms with Gasteiger partial charge < -0.3 is 11.1 Å². The Balaban J connectivity index is 2.28. The highest BCUT2D eigenvalue weighted by molar-refractivity contribution is 7.91. The first kappa shape index (κ1) is 14.1. The van der Waals surface area contributed by atoms with Crippen LogP contribution < -0.4 is 11.1 Å². The Hall–Kier alpha value is -1.28. The van der Waals surface area contributed by atoms with Crippen molar-refractivity contribution in [1.29, 1.82) is 0 Å². The zero-order chi connectivity index (χ0) is 14.3. The maximum atomic E-state index is 11.5. The Kier molecular flexibility index (Phi) is 3.48. The predicted octanol–water partition coefficient (Wildman–Crippen LogP) is 0.271. The summed E-state index contributed by atoms with van der Waals surface area (Å²) in [5.41, 5.74) is 6.42. The number of hydrogen-bond donors (Lipinski definition) is 2. The van der Waals surface area contributed by atoms with Gasteiger partial charge in [0.25, 0.3) is 0 Å². The van der Waals surface area contributed by atoms with E-state index in [1.807, 2.05) is 0 Å². The summed E-state index contributed by atoms with van der Waals surface area (Å²) in [4.78, 5) is 0.0540. The Bertz CT molecular complexity index is 695. The molecule has 0 amide bonds. The van der Waals surface area contributed by atoms with Crippen molar-refractivity contribution in [1.82, 2.24) is 0 Å². The van der Waals surface area contributed by atoms with Crippen molar-refractivity contribution in [3.63, 3.8) is 0 Å². The van der Waals surface area contributed by atoms with Gasteiger partial charge in [0.05, 0.1) is 27.8 Å². The summed E-state index contributed by atoms with van der Waals surface area (Å²) in [6.45, 7) is 0. The number of hydrogen-bond acceptors (Lipinski definition) is 6. The van der Waals surface area contributed by atoms with Crippen molar-refractivity contribution in [3.05, 3.63) is 18.2 Å². The molecule has 0 saturated carbocycles. The van der Waals surface area contributed by atoms with E-state index >= 15 is 0 Å². The fourth-order valence-electron chi connectivity index (χ4n) is 2.12. The lowest BCUT2D eigenvalue weighted by atomic mass is 10.2. The maximum Gasteiger partial charge on any atom is 0.177 e. The molecular formula is C11H16N2O4S2. The van der Waals surface area contributed by atoms with Crippen LogP contribution in [0.15, 0.2) is 23.1 Å². The summed E-state index contributed by atoms with van der Waals surface area (Å²) in [5.74, 6) is 0.200. The van der Waals surface area contributed by atoms with Crippen LogP contribution >= 0.6 is 0 Å². The molecule has 1 unspecified atom stereocenters. The summed E-state index contributed by atoms with van der Waals surface area (Å²) in [5, 5.41) is 3.01. The van der Waals surface area contributed by atoms with Gasteiger partial charge in [-0.25, -0.2) is 16.8 Å². The van der Waals surface area contributed by atoms with E-state index in [2.05, 4.69) is 5.32 Å². The lowest BCUT2D eigenvalue weighted by molar-refractivity contribution is 0.600. The second-order valence-corrected chi connectivity index (χ2v) is 8.95. The van der Waals surface area contributed by atoms with E-state index in [4.69, 9.17) is 5.73 Å². The first-order chi connectivity index (χ1) is 8.69. The van der Waals surface area contributed by atoms with Crippen LogP contribution in [0, 0.1) is 0 Å². The molecule has 0 aromatic heterocycles. The second kappa shape index (κ2) is 4.68. The molecule has 1 aromatic rings. The van der Waals surface area contributed by atoms with Crippen LogP contribution in [0.25, 0.3) is 0 Å². The van der Waals surface area contributed by atoms with E-state index in [-0.39, 0.29) is 28.1 Å². The molecule has 106 valence electrons. The highest BCUT2D eigenvalue weighted by atomic mass is 32.2. The number of rotatable bonds is 3. The molecule has 0 spiro atoms. The van der Waals surface area contributed by atoms with Crippen molar-refractivity contribution >= 4 is 31.0 Å². The van der Waals surface area contributed by atoms with E-state index < -0.39 is 19.7 Å². The van der Waals surface area contributed by atoms with Gasteiger partial charge in [-0.05, 0) is 18.6 Å². The fraction of sp³-hybridized carbons (Fsp3) is 0.455.